The first-order chi connectivity index (χ1) is 17.0. The summed E-state index contributed by atoms with van der Waals surface area (Å²) in [6, 6.07) is 14.8. The molecule has 0 saturated carbocycles. The monoisotopic (exact) mass is 517 g/mol. The lowest BCUT2D eigenvalue weighted by Gasteiger charge is -2.16. The maximum Gasteiger partial charge on any atom is 0.336 e. The number of benzene rings is 3. The van der Waals surface area contributed by atoms with Crippen molar-refractivity contribution >= 4 is 21.0 Å². The minimum atomic E-state index is -3.91. The number of fused-ring (bicyclic) bond motifs is 1. The maximum atomic E-state index is 14.4. The summed E-state index contributed by atoms with van der Waals surface area (Å²) < 4.78 is 74.7. The van der Waals surface area contributed by atoms with E-state index < -0.39 is 39.4 Å². The summed E-state index contributed by atoms with van der Waals surface area (Å²) in [7, 11) is -3.91. The van der Waals surface area contributed by atoms with E-state index >= 15 is 0 Å². The van der Waals surface area contributed by atoms with Gasteiger partial charge in [0, 0.05) is 41.6 Å². The lowest BCUT2D eigenvalue weighted by molar-refractivity contribution is -0.00714. The fourth-order valence-electron chi connectivity index (χ4n) is 3.78. The Morgan fingerprint density at radius 1 is 0.972 bits per heavy atom. The van der Waals surface area contributed by atoms with Gasteiger partial charge in [0.2, 0.25) is 10.0 Å². The quantitative estimate of drug-likeness (QED) is 0.313. The van der Waals surface area contributed by atoms with Crippen LogP contribution < -0.4 is 10.3 Å². The van der Waals surface area contributed by atoms with Crippen molar-refractivity contribution in [2.24, 2.45) is 0 Å². The SMILES string of the molecule is CCC(F)(F)c1cc(=O)oc2ccc(Cc3ccc(S(=O)(=O)NCc4ccc(F)cc4O)cc3)cc12. The van der Waals surface area contributed by atoms with Crippen LogP contribution in [0.2, 0.25) is 0 Å². The van der Waals surface area contributed by atoms with Gasteiger partial charge >= 0.3 is 5.63 Å². The third kappa shape index (κ3) is 5.44. The average Bonchev–Trinajstić information content (AvgIpc) is 2.83. The molecule has 0 radical (unpaired) electrons. The molecule has 1 heterocycles. The van der Waals surface area contributed by atoms with Crippen molar-refractivity contribution < 1.29 is 31.1 Å². The van der Waals surface area contributed by atoms with Crippen molar-refractivity contribution in [2.45, 2.75) is 37.1 Å². The molecule has 6 nitrogen and oxygen atoms in total. The Morgan fingerprint density at radius 3 is 2.33 bits per heavy atom. The molecule has 0 atom stereocenters. The molecular formula is C26H22F3NO5S. The highest BCUT2D eigenvalue weighted by molar-refractivity contribution is 7.89. The lowest BCUT2D eigenvalue weighted by Crippen LogP contribution is -2.23. The minimum absolute atomic E-state index is 0.0157. The zero-order valence-electron chi connectivity index (χ0n) is 19.1. The molecule has 188 valence electrons. The van der Waals surface area contributed by atoms with Crippen molar-refractivity contribution in [3.63, 3.8) is 0 Å². The average molecular weight is 518 g/mol. The van der Waals surface area contributed by atoms with E-state index in [-0.39, 0.29) is 33.7 Å². The van der Waals surface area contributed by atoms with Gasteiger partial charge in [-0.15, -0.1) is 0 Å². The number of phenols is 1. The van der Waals surface area contributed by atoms with Gasteiger partial charge in [0.05, 0.1) is 4.90 Å². The number of halogens is 3. The van der Waals surface area contributed by atoms with Crippen LogP contribution in [-0.4, -0.2) is 13.5 Å². The Kier molecular flexibility index (Phi) is 6.92. The number of alkyl halides is 2. The standard InChI is InChI=1S/C26H22F3NO5S/c1-2-26(28,29)22-14-25(32)35-24-10-5-17(12-21(22)24)11-16-3-8-20(9-4-16)36(33,34)30-15-18-6-7-19(27)13-23(18)31/h3-10,12-14,30-31H,2,11,15H2,1H3. The second-order valence-corrected chi connectivity index (χ2v) is 10.1. The number of nitrogens with one attached hydrogen (secondary N) is 1. The first kappa shape index (κ1) is 25.5. The molecule has 4 rings (SSSR count). The molecular weight excluding hydrogens is 495 g/mol. The molecule has 0 spiro atoms. The highest BCUT2D eigenvalue weighted by Gasteiger charge is 2.32. The lowest BCUT2D eigenvalue weighted by atomic mass is 9.98. The topological polar surface area (TPSA) is 96.6 Å². The number of aromatic hydroxyl groups is 1. The van der Waals surface area contributed by atoms with Gasteiger partial charge in [-0.3, -0.25) is 0 Å². The van der Waals surface area contributed by atoms with Gasteiger partial charge in [-0.2, -0.15) is 0 Å². The zero-order valence-corrected chi connectivity index (χ0v) is 19.9. The van der Waals surface area contributed by atoms with Crippen LogP contribution in [0, 0.1) is 5.82 Å². The summed E-state index contributed by atoms with van der Waals surface area (Å²) in [4.78, 5) is 11.7. The largest absolute Gasteiger partial charge is 0.508 e. The fourth-order valence-corrected chi connectivity index (χ4v) is 4.78. The van der Waals surface area contributed by atoms with Crippen LogP contribution in [0.4, 0.5) is 13.2 Å². The van der Waals surface area contributed by atoms with E-state index in [0.29, 0.717) is 12.0 Å². The van der Waals surface area contributed by atoms with E-state index in [2.05, 4.69) is 4.72 Å². The molecule has 10 heteroatoms. The normalized spacial score (nSPS) is 12.2. The van der Waals surface area contributed by atoms with E-state index in [1.165, 1.54) is 31.2 Å². The van der Waals surface area contributed by atoms with Crippen LogP contribution in [0.15, 0.2) is 80.8 Å². The van der Waals surface area contributed by atoms with Gasteiger partial charge in [-0.1, -0.05) is 31.2 Å². The molecule has 0 aliphatic heterocycles. The molecule has 3 aromatic carbocycles. The summed E-state index contributed by atoms with van der Waals surface area (Å²) in [5.41, 5.74) is 0.442. The number of rotatable bonds is 8. The van der Waals surface area contributed by atoms with Crippen molar-refractivity contribution in [3.8, 4) is 5.75 Å². The van der Waals surface area contributed by atoms with Crippen LogP contribution in [0.25, 0.3) is 11.0 Å². The van der Waals surface area contributed by atoms with Crippen molar-refractivity contribution in [3.05, 3.63) is 105 Å². The maximum absolute atomic E-state index is 14.4. The number of hydrogen-bond donors (Lipinski definition) is 2. The Hall–Kier alpha value is -3.63. The smallest absolute Gasteiger partial charge is 0.336 e. The molecule has 1 aromatic heterocycles. The predicted octanol–water partition coefficient (Wildman–Crippen LogP) is 5.21. The minimum Gasteiger partial charge on any atom is -0.508 e. The molecule has 36 heavy (non-hydrogen) atoms. The van der Waals surface area contributed by atoms with Gasteiger partial charge in [-0.25, -0.2) is 31.1 Å². The van der Waals surface area contributed by atoms with E-state index in [0.717, 1.165) is 23.8 Å². The molecule has 0 bridgehead atoms. The number of sulfonamides is 1. The van der Waals surface area contributed by atoms with Crippen LogP contribution in [0.3, 0.4) is 0 Å². The molecule has 0 unspecified atom stereocenters. The Bertz CT molecular complexity index is 1580. The Morgan fingerprint density at radius 2 is 1.67 bits per heavy atom. The van der Waals surface area contributed by atoms with E-state index in [1.807, 2.05) is 0 Å². The second kappa shape index (κ2) is 9.79. The third-order valence-corrected chi connectivity index (χ3v) is 7.20. The van der Waals surface area contributed by atoms with E-state index in [9.17, 15) is 31.5 Å². The number of hydrogen-bond acceptors (Lipinski definition) is 5. The third-order valence-electron chi connectivity index (χ3n) is 5.79. The van der Waals surface area contributed by atoms with Crippen LogP contribution in [0.5, 0.6) is 5.75 Å². The number of phenolic OH excluding ortho intramolecular Hbond substituents is 1. The van der Waals surface area contributed by atoms with E-state index in [1.54, 1.807) is 24.3 Å². The van der Waals surface area contributed by atoms with Gasteiger partial charge in [0.15, 0.2) is 0 Å². The van der Waals surface area contributed by atoms with Crippen molar-refractivity contribution in [1.82, 2.24) is 4.72 Å². The van der Waals surface area contributed by atoms with Crippen molar-refractivity contribution in [1.29, 1.82) is 0 Å². The molecule has 0 aliphatic rings. The van der Waals surface area contributed by atoms with Crippen LogP contribution >= 0.6 is 0 Å². The highest BCUT2D eigenvalue weighted by Crippen LogP contribution is 2.35. The first-order valence-corrected chi connectivity index (χ1v) is 12.5. The Balaban J connectivity index is 1.54. The van der Waals surface area contributed by atoms with Crippen LogP contribution in [-0.2, 0) is 28.9 Å². The molecule has 0 aliphatic carbocycles. The zero-order chi connectivity index (χ0) is 26.1. The van der Waals surface area contributed by atoms with E-state index in [4.69, 9.17) is 4.42 Å². The summed E-state index contributed by atoms with van der Waals surface area (Å²) in [5.74, 6) is -4.19. The Labute approximate surface area is 205 Å². The summed E-state index contributed by atoms with van der Waals surface area (Å²) in [6.45, 7) is 1.10. The first-order valence-electron chi connectivity index (χ1n) is 11.0. The molecule has 0 amide bonds. The van der Waals surface area contributed by atoms with Gasteiger partial charge in [-0.05, 0) is 47.9 Å². The van der Waals surface area contributed by atoms with Crippen LogP contribution in [0.1, 0.15) is 35.6 Å². The molecule has 0 fully saturated rings. The highest BCUT2D eigenvalue weighted by atomic mass is 32.2. The summed E-state index contributed by atoms with van der Waals surface area (Å²) in [5, 5.41) is 9.90. The van der Waals surface area contributed by atoms with Gasteiger partial charge in [0.1, 0.15) is 17.1 Å². The molecule has 2 N–H and O–H groups in total. The summed E-state index contributed by atoms with van der Waals surface area (Å²) >= 11 is 0. The molecule has 0 saturated heterocycles. The summed E-state index contributed by atoms with van der Waals surface area (Å²) in [6.07, 6.45) is -0.149. The van der Waals surface area contributed by atoms with Gasteiger partial charge < -0.3 is 9.52 Å². The predicted molar refractivity (Wildman–Crippen MR) is 128 cm³/mol. The van der Waals surface area contributed by atoms with Gasteiger partial charge in [0.25, 0.3) is 5.92 Å². The molecule has 4 aromatic rings. The fraction of sp³-hybridized carbons (Fsp3) is 0.192. The second-order valence-electron chi connectivity index (χ2n) is 8.29. The van der Waals surface area contributed by atoms with Crippen molar-refractivity contribution in [2.75, 3.05) is 0 Å².